The van der Waals surface area contributed by atoms with Gasteiger partial charge in [-0.15, -0.1) is 0 Å². The Hall–Kier alpha value is -2.14. The van der Waals surface area contributed by atoms with Crippen LogP contribution >= 0.6 is 0 Å². The van der Waals surface area contributed by atoms with Gasteiger partial charge in [-0.3, -0.25) is 9.58 Å². The molecule has 5 heteroatoms. The predicted molar refractivity (Wildman–Crippen MR) is 81.0 cm³/mol. The molecule has 112 valence electrons. The van der Waals surface area contributed by atoms with Crippen LogP contribution in [0.2, 0.25) is 0 Å². The Labute approximate surface area is 124 Å². The van der Waals surface area contributed by atoms with Crippen LogP contribution in [0.1, 0.15) is 35.3 Å². The zero-order valence-corrected chi connectivity index (χ0v) is 12.7. The summed E-state index contributed by atoms with van der Waals surface area (Å²) in [5.74, 6) is -0.879. The predicted octanol–water partition coefficient (Wildman–Crippen LogP) is 2.53. The van der Waals surface area contributed by atoms with Crippen molar-refractivity contribution in [1.29, 1.82) is 0 Å². The van der Waals surface area contributed by atoms with E-state index < -0.39 is 5.97 Å². The molecule has 1 heterocycles. The monoisotopic (exact) mass is 287 g/mol. The van der Waals surface area contributed by atoms with Crippen molar-refractivity contribution in [2.75, 3.05) is 0 Å². The lowest BCUT2D eigenvalue weighted by Gasteiger charge is -2.26. The van der Waals surface area contributed by atoms with Gasteiger partial charge in [-0.25, -0.2) is 4.79 Å². The second-order valence-electron chi connectivity index (χ2n) is 5.48. The molecule has 2 rings (SSSR count). The highest BCUT2D eigenvalue weighted by atomic mass is 16.4. The van der Waals surface area contributed by atoms with Crippen LogP contribution in [0.3, 0.4) is 0 Å². The number of nitrogens with zero attached hydrogens (tertiary/aromatic N) is 3. The molecule has 1 aromatic carbocycles. The van der Waals surface area contributed by atoms with Crippen molar-refractivity contribution in [2.24, 2.45) is 7.05 Å². The molecule has 1 aromatic heterocycles. The van der Waals surface area contributed by atoms with Crippen LogP contribution in [0.25, 0.3) is 0 Å². The average Bonchev–Trinajstić information content (AvgIpc) is 2.83. The van der Waals surface area contributed by atoms with Crippen LogP contribution < -0.4 is 0 Å². The Balaban J connectivity index is 2.19. The summed E-state index contributed by atoms with van der Waals surface area (Å²) in [5.41, 5.74) is 2.33. The minimum Gasteiger partial charge on any atom is -0.478 e. The normalized spacial score (nSPS) is 11.3. The van der Waals surface area contributed by atoms with E-state index >= 15 is 0 Å². The van der Waals surface area contributed by atoms with Gasteiger partial charge in [-0.05, 0) is 25.5 Å². The number of carboxylic acids is 1. The minimum absolute atomic E-state index is 0.312. The van der Waals surface area contributed by atoms with Crippen molar-refractivity contribution in [3.05, 3.63) is 53.3 Å². The van der Waals surface area contributed by atoms with Crippen molar-refractivity contribution in [1.82, 2.24) is 14.7 Å². The van der Waals surface area contributed by atoms with Crippen LogP contribution in [0.5, 0.6) is 0 Å². The van der Waals surface area contributed by atoms with Crippen LogP contribution in [0, 0.1) is 0 Å². The number of aromatic nitrogens is 2. The van der Waals surface area contributed by atoms with Crippen LogP contribution in [-0.2, 0) is 20.1 Å². The summed E-state index contributed by atoms with van der Waals surface area (Å²) in [5, 5.41) is 13.5. The van der Waals surface area contributed by atoms with Crippen molar-refractivity contribution in [3.8, 4) is 0 Å². The third-order valence-corrected chi connectivity index (χ3v) is 3.50. The van der Waals surface area contributed by atoms with Gasteiger partial charge in [-0.1, -0.05) is 18.2 Å². The van der Waals surface area contributed by atoms with Gasteiger partial charge in [-0.2, -0.15) is 5.10 Å². The number of carbonyl (C=O) groups is 1. The van der Waals surface area contributed by atoms with Crippen molar-refractivity contribution in [3.63, 3.8) is 0 Å². The number of rotatable bonds is 6. The zero-order valence-electron chi connectivity index (χ0n) is 12.7. The second-order valence-corrected chi connectivity index (χ2v) is 5.48. The van der Waals surface area contributed by atoms with Gasteiger partial charge in [0.1, 0.15) is 0 Å². The molecule has 0 aliphatic heterocycles. The van der Waals surface area contributed by atoms with Gasteiger partial charge in [0.15, 0.2) is 0 Å². The molecule has 0 saturated carbocycles. The fourth-order valence-corrected chi connectivity index (χ4v) is 2.29. The van der Waals surface area contributed by atoms with E-state index in [-0.39, 0.29) is 0 Å². The molecule has 0 aliphatic rings. The van der Waals surface area contributed by atoms with Gasteiger partial charge in [0.05, 0.1) is 11.8 Å². The molecule has 2 aromatic rings. The van der Waals surface area contributed by atoms with Gasteiger partial charge in [0.2, 0.25) is 0 Å². The summed E-state index contributed by atoms with van der Waals surface area (Å²) in [7, 11) is 1.89. The molecule has 1 N–H and O–H groups in total. The molecule has 5 nitrogen and oxygen atoms in total. The third-order valence-electron chi connectivity index (χ3n) is 3.50. The summed E-state index contributed by atoms with van der Waals surface area (Å²) >= 11 is 0. The van der Waals surface area contributed by atoms with E-state index in [4.69, 9.17) is 0 Å². The lowest BCUT2D eigenvalue weighted by atomic mass is 10.1. The van der Waals surface area contributed by atoms with Crippen molar-refractivity contribution in [2.45, 2.75) is 33.0 Å². The number of carboxylic acid groups (broad SMARTS) is 1. The number of aryl methyl sites for hydroxylation is 1. The Morgan fingerprint density at radius 1 is 1.33 bits per heavy atom. The minimum atomic E-state index is -0.879. The van der Waals surface area contributed by atoms with Gasteiger partial charge in [0, 0.05) is 37.9 Å². The van der Waals surface area contributed by atoms with Crippen molar-refractivity contribution < 1.29 is 9.90 Å². The number of hydrogen-bond donors (Lipinski definition) is 1. The second kappa shape index (κ2) is 6.54. The van der Waals surface area contributed by atoms with Crippen LogP contribution in [0.15, 0.2) is 36.7 Å². The maximum Gasteiger partial charge on any atom is 0.336 e. The third kappa shape index (κ3) is 3.92. The Bertz CT molecular complexity index is 619. The topological polar surface area (TPSA) is 58.4 Å². The number of benzene rings is 1. The SMILES string of the molecule is CC(C)N(Cc1cnn(C)c1)Cc1ccccc1C(=O)O. The summed E-state index contributed by atoms with van der Waals surface area (Å²) in [6, 6.07) is 7.48. The zero-order chi connectivity index (χ0) is 15.4. The molecular formula is C16H21N3O2. The first-order valence-corrected chi connectivity index (χ1v) is 7.00. The number of aromatic carboxylic acids is 1. The molecule has 0 aliphatic carbocycles. The summed E-state index contributed by atoms with van der Waals surface area (Å²) in [4.78, 5) is 13.5. The smallest absolute Gasteiger partial charge is 0.336 e. The van der Waals surface area contributed by atoms with Crippen LogP contribution in [0.4, 0.5) is 0 Å². The largest absolute Gasteiger partial charge is 0.478 e. The quantitative estimate of drug-likeness (QED) is 0.887. The summed E-state index contributed by atoms with van der Waals surface area (Å²) < 4.78 is 1.78. The number of hydrogen-bond acceptors (Lipinski definition) is 3. The molecule has 0 amide bonds. The average molecular weight is 287 g/mol. The first-order valence-electron chi connectivity index (χ1n) is 7.00. The Kier molecular flexibility index (Phi) is 4.75. The van der Waals surface area contributed by atoms with E-state index in [0.717, 1.165) is 17.7 Å². The molecule has 0 bridgehead atoms. The van der Waals surface area contributed by atoms with Crippen molar-refractivity contribution >= 4 is 5.97 Å². The molecule has 0 radical (unpaired) electrons. The van der Waals surface area contributed by atoms with Crippen LogP contribution in [-0.4, -0.2) is 31.8 Å². The van der Waals surface area contributed by atoms with E-state index in [1.165, 1.54) is 0 Å². The molecule has 0 spiro atoms. The lowest BCUT2D eigenvalue weighted by molar-refractivity contribution is 0.0693. The first kappa shape index (κ1) is 15.3. The summed E-state index contributed by atoms with van der Waals surface area (Å²) in [6.45, 7) is 5.58. The van der Waals surface area contributed by atoms with Gasteiger partial charge in [0.25, 0.3) is 0 Å². The lowest BCUT2D eigenvalue weighted by Crippen LogP contribution is -2.30. The Morgan fingerprint density at radius 3 is 2.62 bits per heavy atom. The van der Waals surface area contributed by atoms with E-state index in [1.54, 1.807) is 16.8 Å². The highest BCUT2D eigenvalue weighted by Gasteiger charge is 2.16. The van der Waals surface area contributed by atoms with E-state index in [2.05, 4.69) is 23.8 Å². The van der Waals surface area contributed by atoms with E-state index in [9.17, 15) is 9.90 Å². The van der Waals surface area contributed by atoms with E-state index in [0.29, 0.717) is 18.2 Å². The van der Waals surface area contributed by atoms with Gasteiger partial charge < -0.3 is 5.11 Å². The fourth-order valence-electron chi connectivity index (χ4n) is 2.29. The van der Waals surface area contributed by atoms with Gasteiger partial charge >= 0.3 is 5.97 Å². The fraction of sp³-hybridized carbons (Fsp3) is 0.375. The molecule has 0 unspecified atom stereocenters. The molecule has 21 heavy (non-hydrogen) atoms. The highest BCUT2D eigenvalue weighted by Crippen LogP contribution is 2.16. The summed E-state index contributed by atoms with van der Waals surface area (Å²) in [6.07, 6.45) is 3.83. The standard InChI is InChI=1S/C16H21N3O2/c1-12(2)19(10-13-8-17-18(3)9-13)11-14-6-4-5-7-15(14)16(20)21/h4-9,12H,10-11H2,1-3H3,(H,20,21). The first-order chi connectivity index (χ1) is 9.97. The molecule has 0 fully saturated rings. The Morgan fingerprint density at radius 2 is 2.05 bits per heavy atom. The molecule has 0 atom stereocenters. The maximum absolute atomic E-state index is 11.3. The maximum atomic E-state index is 11.3. The molecule has 0 saturated heterocycles. The highest BCUT2D eigenvalue weighted by molar-refractivity contribution is 5.89. The van der Waals surface area contributed by atoms with E-state index in [1.807, 2.05) is 31.6 Å². The molecular weight excluding hydrogens is 266 g/mol.